The molecule has 1 aliphatic rings. The predicted molar refractivity (Wildman–Crippen MR) is 123 cm³/mol. The van der Waals surface area contributed by atoms with E-state index in [1.165, 1.54) is 0 Å². The van der Waals surface area contributed by atoms with Crippen LogP contribution in [0.25, 0.3) is 16.8 Å². The molecule has 2 amide bonds. The molecule has 1 fully saturated rings. The van der Waals surface area contributed by atoms with E-state index in [2.05, 4.69) is 6.92 Å². The van der Waals surface area contributed by atoms with Gasteiger partial charge in [0.2, 0.25) is 0 Å². The van der Waals surface area contributed by atoms with Gasteiger partial charge in [-0.15, -0.1) is 0 Å². The number of carbonyl (C=O) groups excluding carboxylic acids is 3. The maximum Gasteiger partial charge on any atom is 0.326 e. The molecule has 2 aromatic carbocycles. The number of hydrogen-bond donors (Lipinski definition) is 0. The van der Waals surface area contributed by atoms with Gasteiger partial charge in [0.25, 0.3) is 11.1 Å². The zero-order valence-electron chi connectivity index (χ0n) is 18.1. The van der Waals surface area contributed by atoms with Gasteiger partial charge in [-0.3, -0.25) is 19.3 Å². The van der Waals surface area contributed by atoms with Gasteiger partial charge in [-0.1, -0.05) is 57.5 Å². The molecular formula is C24H27NO5S. The Hall–Kier alpha value is -2.80. The van der Waals surface area contributed by atoms with Crippen LogP contribution in [-0.2, 0) is 14.3 Å². The zero-order valence-corrected chi connectivity index (χ0v) is 18.9. The highest BCUT2D eigenvalue weighted by Gasteiger charge is 2.37. The van der Waals surface area contributed by atoms with Gasteiger partial charge in [-0.2, -0.15) is 0 Å². The van der Waals surface area contributed by atoms with Crippen LogP contribution in [0.4, 0.5) is 4.79 Å². The lowest BCUT2D eigenvalue weighted by atomic mass is 10.0. The second kappa shape index (κ2) is 10.5. The molecule has 3 rings (SSSR count). The largest absolute Gasteiger partial charge is 0.493 e. The number of ether oxygens (including phenoxy) is 2. The summed E-state index contributed by atoms with van der Waals surface area (Å²) >= 11 is 0.824. The third-order valence-corrected chi connectivity index (χ3v) is 5.61. The summed E-state index contributed by atoms with van der Waals surface area (Å²) < 4.78 is 11.1. The monoisotopic (exact) mass is 441 g/mol. The van der Waals surface area contributed by atoms with Crippen LogP contribution in [-0.4, -0.2) is 41.8 Å². The van der Waals surface area contributed by atoms with Crippen molar-refractivity contribution in [1.29, 1.82) is 0 Å². The number of amides is 2. The molecule has 0 saturated carbocycles. The van der Waals surface area contributed by atoms with E-state index in [1.807, 2.05) is 50.2 Å². The van der Waals surface area contributed by atoms with E-state index in [1.54, 1.807) is 6.08 Å². The molecule has 0 aliphatic carbocycles. The summed E-state index contributed by atoms with van der Waals surface area (Å²) in [4.78, 5) is 38.5. The maximum absolute atomic E-state index is 12.9. The van der Waals surface area contributed by atoms with Gasteiger partial charge >= 0.3 is 5.97 Å². The van der Waals surface area contributed by atoms with Gasteiger partial charge in [0.1, 0.15) is 12.3 Å². The van der Waals surface area contributed by atoms with Crippen molar-refractivity contribution in [2.45, 2.75) is 33.6 Å². The summed E-state index contributed by atoms with van der Waals surface area (Å²) in [6.07, 6.45) is 3.62. The Morgan fingerprint density at radius 3 is 2.68 bits per heavy atom. The molecule has 0 N–H and O–H groups in total. The second-order valence-corrected chi connectivity index (χ2v) is 8.74. The Bertz CT molecular complexity index is 1010. The van der Waals surface area contributed by atoms with Crippen LogP contribution in [0.3, 0.4) is 0 Å². The molecule has 2 aromatic rings. The standard InChI is InChI=1S/C24H27NO5S/c1-4-5-12-29-20-11-10-17-8-6-7-9-18(17)19(20)13-21-23(27)25(24(28)31-21)14-22(26)30-15-16(2)3/h6-11,13,16H,4-5,12,14-15H2,1-3H3/b21-13-. The first-order valence-electron chi connectivity index (χ1n) is 10.5. The first-order chi connectivity index (χ1) is 14.9. The topological polar surface area (TPSA) is 72.9 Å². The number of nitrogens with zero attached hydrogens (tertiary/aromatic N) is 1. The normalized spacial score (nSPS) is 15.4. The average Bonchev–Trinajstić information content (AvgIpc) is 3.01. The third-order valence-electron chi connectivity index (χ3n) is 4.70. The van der Waals surface area contributed by atoms with Crippen molar-refractivity contribution in [2.24, 2.45) is 5.92 Å². The Labute approximate surface area is 186 Å². The molecule has 0 bridgehead atoms. The summed E-state index contributed by atoms with van der Waals surface area (Å²) in [5.74, 6) is -0.249. The predicted octanol–water partition coefficient (Wildman–Crippen LogP) is 5.25. The van der Waals surface area contributed by atoms with E-state index in [0.717, 1.165) is 45.8 Å². The summed E-state index contributed by atoms with van der Waals surface area (Å²) in [5.41, 5.74) is 0.752. The van der Waals surface area contributed by atoms with E-state index in [-0.39, 0.29) is 24.0 Å². The number of unbranched alkanes of at least 4 members (excludes halogenated alkanes) is 1. The molecule has 0 spiro atoms. The lowest BCUT2D eigenvalue weighted by Gasteiger charge is -2.13. The number of carbonyl (C=O) groups is 3. The molecule has 164 valence electrons. The lowest BCUT2D eigenvalue weighted by Crippen LogP contribution is -2.34. The summed E-state index contributed by atoms with van der Waals surface area (Å²) in [6.45, 7) is 6.36. The fraction of sp³-hybridized carbons (Fsp3) is 0.375. The van der Waals surface area contributed by atoms with Crippen molar-refractivity contribution in [3.05, 3.63) is 46.9 Å². The van der Waals surface area contributed by atoms with Gasteiger partial charge in [-0.25, -0.2) is 0 Å². The van der Waals surface area contributed by atoms with Gasteiger partial charge in [-0.05, 0) is 47.0 Å². The first kappa shape index (κ1) is 22.9. The van der Waals surface area contributed by atoms with Crippen molar-refractivity contribution in [2.75, 3.05) is 19.8 Å². The van der Waals surface area contributed by atoms with Crippen molar-refractivity contribution >= 4 is 45.7 Å². The fourth-order valence-corrected chi connectivity index (χ4v) is 3.90. The molecule has 0 radical (unpaired) electrons. The smallest absolute Gasteiger partial charge is 0.326 e. The highest BCUT2D eigenvalue weighted by molar-refractivity contribution is 8.18. The van der Waals surface area contributed by atoms with E-state index < -0.39 is 17.1 Å². The number of thioether (sulfide) groups is 1. The number of esters is 1. The minimum Gasteiger partial charge on any atom is -0.493 e. The number of hydrogen-bond acceptors (Lipinski definition) is 6. The summed E-state index contributed by atoms with van der Waals surface area (Å²) in [5, 5.41) is 1.46. The van der Waals surface area contributed by atoms with Crippen molar-refractivity contribution < 1.29 is 23.9 Å². The Morgan fingerprint density at radius 2 is 1.94 bits per heavy atom. The van der Waals surface area contributed by atoms with E-state index in [4.69, 9.17) is 9.47 Å². The minimum atomic E-state index is -0.592. The van der Waals surface area contributed by atoms with Gasteiger partial charge in [0.05, 0.1) is 18.1 Å². The maximum atomic E-state index is 12.9. The van der Waals surface area contributed by atoms with Crippen LogP contribution in [0.1, 0.15) is 39.2 Å². The van der Waals surface area contributed by atoms with Crippen LogP contribution in [0.15, 0.2) is 41.3 Å². The van der Waals surface area contributed by atoms with E-state index >= 15 is 0 Å². The SMILES string of the molecule is CCCCOc1ccc2ccccc2c1/C=C1\SC(=O)N(CC(=O)OCC(C)C)C1=O. The molecular weight excluding hydrogens is 414 g/mol. The van der Waals surface area contributed by atoms with Crippen LogP contribution in [0, 0.1) is 5.92 Å². The summed E-state index contributed by atoms with van der Waals surface area (Å²) in [6, 6.07) is 11.7. The van der Waals surface area contributed by atoms with Crippen molar-refractivity contribution in [1.82, 2.24) is 4.90 Å². The molecule has 0 unspecified atom stereocenters. The van der Waals surface area contributed by atoms with Gasteiger partial charge in [0, 0.05) is 5.56 Å². The molecule has 1 aliphatic heterocycles. The quantitative estimate of drug-likeness (QED) is 0.300. The van der Waals surface area contributed by atoms with Gasteiger partial charge < -0.3 is 9.47 Å². The molecule has 0 aromatic heterocycles. The lowest BCUT2D eigenvalue weighted by molar-refractivity contribution is -0.147. The highest BCUT2D eigenvalue weighted by atomic mass is 32.2. The number of fused-ring (bicyclic) bond motifs is 1. The molecule has 7 heteroatoms. The molecule has 6 nitrogen and oxygen atoms in total. The first-order valence-corrected chi connectivity index (χ1v) is 11.3. The minimum absolute atomic E-state index is 0.177. The van der Waals surface area contributed by atoms with Gasteiger partial charge in [0.15, 0.2) is 0 Å². The molecule has 31 heavy (non-hydrogen) atoms. The average molecular weight is 442 g/mol. The number of rotatable bonds is 9. The molecule has 0 atom stereocenters. The van der Waals surface area contributed by atoms with Crippen LogP contribution in [0.2, 0.25) is 0 Å². The Morgan fingerprint density at radius 1 is 1.16 bits per heavy atom. The van der Waals surface area contributed by atoms with Crippen molar-refractivity contribution in [3.63, 3.8) is 0 Å². The van der Waals surface area contributed by atoms with E-state index in [9.17, 15) is 14.4 Å². The molecule has 1 heterocycles. The highest BCUT2D eigenvalue weighted by Crippen LogP contribution is 2.36. The molecule has 1 saturated heterocycles. The number of imide groups is 1. The van der Waals surface area contributed by atoms with E-state index in [0.29, 0.717) is 12.4 Å². The van der Waals surface area contributed by atoms with Crippen LogP contribution < -0.4 is 4.74 Å². The Kier molecular flexibility index (Phi) is 7.74. The fourth-order valence-electron chi connectivity index (χ4n) is 3.08. The number of benzene rings is 2. The van der Waals surface area contributed by atoms with Crippen molar-refractivity contribution in [3.8, 4) is 5.75 Å². The zero-order chi connectivity index (χ0) is 22.4. The Balaban J connectivity index is 1.88. The van der Waals surface area contributed by atoms with Crippen LogP contribution >= 0.6 is 11.8 Å². The third kappa shape index (κ3) is 5.67. The van der Waals surface area contributed by atoms with Crippen LogP contribution in [0.5, 0.6) is 5.75 Å². The summed E-state index contributed by atoms with van der Waals surface area (Å²) in [7, 11) is 0. The second-order valence-electron chi connectivity index (χ2n) is 7.75.